The van der Waals surface area contributed by atoms with Crippen molar-refractivity contribution in [1.82, 2.24) is 0 Å². The third kappa shape index (κ3) is 3.06. The molecule has 2 heteroatoms. The quantitative estimate of drug-likeness (QED) is 0.775. The summed E-state index contributed by atoms with van der Waals surface area (Å²) >= 11 is 0. The van der Waals surface area contributed by atoms with Crippen LogP contribution in [0.5, 0.6) is 0 Å². The Balaban J connectivity index is 1.91. The van der Waals surface area contributed by atoms with Gasteiger partial charge in [0.25, 0.3) is 0 Å². The van der Waals surface area contributed by atoms with E-state index in [1.807, 2.05) is 0 Å². The van der Waals surface area contributed by atoms with Crippen molar-refractivity contribution in [2.45, 2.75) is 45.5 Å². The Hall–Kier alpha value is -0.860. The lowest BCUT2D eigenvalue weighted by Gasteiger charge is -2.26. The molecule has 0 bridgehead atoms. The summed E-state index contributed by atoms with van der Waals surface area (Å²) < 4.78 is 11.5. The van der Waals surface area contributed by atoms with Gasteiger partial charge >= 0.3 is 0 Å². The van der Waals surface area contributed by atoms with Gasteiger partial charge in [0.15, 0.2) is 6.29 Å². The van der Waals surface area contributed by atoms with Crippen molar-refractivity contribution in [2.24, 2.45) is 0 Å². The van der Waals surface area contributed by atoms with Gasteiger partial charge in [-0.25, -0.2) is 0 Å². The van der Waals surface area contributed by atoms with Crippen molar-refractivity contribution < 1.29 is 9.47 Å². The number of rotatable bonds is 3. The minimum Gasteiger partial charge on any atom is -0.353 e. The first-order valence-corrected chi connectivity index (χ1v) is 6.09. The van der Waals surface area contributed by atoms with Gasteiger partial charge in [0.2, 0.25) is 0 Å². The van der Waals surface area contributed by atoms with Gasteiger partial charge in [-0.15, -0.1) is 0 Å². The van der Waals surface area contributed by atoms with Crippen LogP contribution in [0.4, 0.5) is 0 Å². The zero-order valence-electron chi connectivity index (χ0n) is 10.1. The predicted molar refractivity (Wildman–Crippen MR) is 64.3 cm³/mol. The van der Waals surface area contributed by atoms with Crippen LogP contribution in [-0.2, 0) is 9.47 Å². The largest absolute Gasteiger partial charge is 0.353 e. The highest BCUT2D eigenvalue weighted by Gasteiger charge is 2.17. The summed E-state index contributed by atoms with van der Waals surface area (Å²) in [5.41, 5.74) is 2.50. The molecule has 0 radical (unpaired) electrons. The molecule has 2 unspecified atom stereocenters. The lowest BCUT2D eigenvalue weighted by atomic mass is 10.1. The van der Waals surface area contributed by atoms with E-state index in [9.17, 15) is 0 Å². The Morgan fingerprint density at radius 3 is 2.62 bits per heavy atom. The third-order valence-corrected chi connectivity index (χ3v) is 3.04. The summed E-state index contributed by atoms with van der Waals surface area (Å²) in [5, 5.41) is 0. The van der Waals surface area contributed by atoms with Crippen LogP contribution in [0.1, 0.15) is 43.4 Å². The Kier molecular flexibility index (Phi) is 3.97. The second kappa shape index (κ2) is 5.46. The SMILES string of the molecule is Cc1ccc(C(C)OC2CCCCO2)cc1. The Bertz CT molecular complexity index is 312. The highest BCUT2D eigenvalue weighted by molar-refractivity contribution is 5.22. The minimum absolute atomic E-state index is 0.00921. The topological polar surface area (TPSA) is 18.5 Å². The molecule has 1 aromatic carbocycles. The van der Waals surface area contributed by atoms with Gasteiger partial charge in [0.05, 0.1) is 6.10 Å². The molecular formula is C14H20O2. The molecule has 0 saturated carbocycles. The molecule has 1 aliphatic heterocycles. The van der Waals surface area contributed by atoms with E-state index in [2.05, 4.69) is 38.1 Å². The first-order valence-electron chi connectivity index (χ1n) is 6.09. The van der Waals surface area contributed by atoms with Crippen LogP contribution in [0.15, 0.2) is 24.3 Å². The molecule has 1 saturated heterocycles. The minimum atomic E-state index is -0.00921. The number of hydrogen-bond donors (Lipinski definition) is 0. The van der Waals surface area contributed by atoms with Crippen molar-refractivity contribution in [3.8, 4) is 0 Å². The lowest BCUT2D eigenvalue weighted by Crippen LogP contribution is -2.23. The molecule has 2 atom stereocenters. The number of ether oxygens (including phenoxy) is 2. The highest BCUT2D eigenvalue weighted by atomic mass is 16.7. The van der Waals surface area contributed by atoms with E-state index in [-0.39, 0.29) is 12.4 Å². The monoisotopic (exact) mass is 220 g/mol. The molecule has 0 aromatic heterocycles. The number of benzene rings is 1. The number of hydrogen-bond acceptors (Lipinski definition) is 2. The van der Waals surface area contributed by atoms with Gasteiger partial charge in [-0.2, -0.15) is 0 Å². The van der Waals surface area contributed by atoms with Gasteiger partial charge in [0.1, 0.15) is 0 Å². The van der Waals surface area contributed by atoms with Gasteiger partial charge < -0.3 is 9.47 Å². The van der Waals surface area contributed by atoms with E-state index in [1.165, 1.54) is 24.0 Å². The Morgan fingerprint density at radius 2 is 2.00 bits per heavy atom. The summed E-state index contributed by atoms with van der Waals surface area (Å²) in [5.74, 6) is 0. The summed E-state index contributed by atoms with van der Waals surface area (Å²) in [7, 11) is 0. The summed E-state index contributed by atoms with van der Waals surface area (Å²) in [4.78, 5) is 0. The molecule has 1 aromatic rings. The maximum absolute atomic E-state index is 5.89. The summed E-state index contributed by atoms with van der Waals surface area (Å²) in [6.07, 6.45) is 3.51. The Morgan fingerprint density at radius 1 is 1.25 bits per heavy atom. The molecule has 0 spiro atoms. The molecule has 0 amide bonds. The normalized spacial score (nSPS) is 23.0. The van der Waals surface area contributed by atoms with E-state index in [0.29, 0.717) is 0 Å². The van der Waals surface area contributed by atoms with E-state index in [4.69, 9.17) is 9.47 Å². The molecule has 1 heterocycles. The van der Waals surface area contributed by atoms with Crippen LogP contribution in [0.3, 0.4) is 0 Å². The molecule has 2 rings (SSSR count). The van der Waals surface area contributed by atoms with Gasteiger partial charge in [-0.05, 0) is 38.7 Å². The summed E-state index contributed by atoms with van der Waals surface area (Å²) in [6.45, 7) is 5.02. The molecule has 2 nitrogen and oxygen atoms in total. The smallest absolute Gasteiger partial charge is 0.158 e. The fourth-order valence-corrected chi connectivity index (χ4v) is 1.96. The maximum atomic E-state index is 5.89. The molecule has 88 valence electrons. The molecule has 16 heavy (non-hydrogen) atoms. The van der Waals surface area contributed by atoms with Crippen LogP contribution in [0.2, 0.25) is 0 Å². The Labute approximate surface area is 97.6 Å². The van der Waals surface area contributed by atoms with Crippen LogP contribution in [0, 0.1) is 6.92 Å². The average molecular weight is 220 g/mol. The fraction of sp³-hybridized carbons (Fsp3) is 0.571. The van der Waals surface area contributed by atoms with E-state index in [1.54, 1.807) is 0 Å². The van der Waals surface area contributed by atoms with Crippen LogP contribution in [-0.4, -0.2) is 12.9 Å². The van der Waals surface area contributed by atoms with Crippen molar-refractivity contribution >= 4 is 0 Å². The first-order chi connectivity index (χ1) is 7.75. The second-order valence-electron chi connectivity index (χ2n) is 4.49. The van der Waals surface area contributed by atoms with Gasteiger partial charge in [-0.1, -0.05) is 29.8 Å². The standard InChI is InChI=1S/C14H20O2/c1-11-6-8-13(9-7-11)12(2)16-14-5-3-4-10-15-14/h6-9,12,14H,3-5,10H2,1-2H3. The first kappa shape index (κ1) is 11.6. The zero-order chi connectivity index (χ0) is 11.4. The van der Waals surface area contributed by atoms with Crippen LogP contribution < -0.4 is 0 Å². The van der Waals surface area contributed by atoms with E-state index in [0.717, 1.165) is 13.0 Å². The second-order valence-corrected chi connectivity index (χ2v) is 4.49. The molecule has 0 N–H and O–H groups in total. The molecule has 1 aliphatic rings. The fourth-order valence-electron chi connectivity index (χ4n) is 1.96. The zero-order valence-corrected chi connectivity index (χ0v) is 10.1. The number of aryl methyl sites for hydroxylation is 1. The molecular weight excluding hydrogens is 200 g/mol. The third-order valence-electron chi connectivity index (χ3n) is 3.04. The van der Waals surface area contributed by atoms with E-state index < -0.39 is 0 Å². The lowest BCUT2D eigenvalue weighted by molar-refractivity contribution is -0.186. The molecule has 0 aliphatic carbocycles. The van der Waals surface area contributed by atoms with Crippen molar-refractivity contribution in [1.29, 1.82) is 0 Å². The summed E-state index contributed by atoms with van der Waals surface area (Å²) in [6, 6.07) is 8.50. The molecule has 1 fully saturated rings. The van der Waals surface area contributed by atoms with Crippen LogP contribution in [0.25, 0.3) is 0 Å². The van der Waals surface area contributed by atoms with Crippen molar-refractivity contribution in [2.75, 3.05) is 6.61 Å². The highest BCUT2D eigenvalue weighted by Crippen LogP contribution is 2.23. The van der Waals surface area contributed by atoms with Gasteiger partial charge in [-0.3, -0.25) is 0 Å². The van der Waals surface area contributed by atoms with Crippen LogP contribution >= 0.6 is 0 Å². The average Bonchev–Trinajstić information content (AvgIpc) is 2.31. The van der Waals surface area contributed by atoms with E-state index >= 15 is 0 Å². The van der Waals surface area contributed by atoms with Crippen molar-refractivity contribution in [3.05, 3.63) is 35.4 Å². The van der Waals surface area contributed by atoms with Gasteiger partial charge in [0, 0.05) is 6.61 Å². The maximum Gasteiger partial charge on any atom is 0.158 e. The van der Waals surface area contributed by atoms with Crippen molar-refractivity contribution in [3.63, 3.8) is 0 Å². The predicted octanol–water partition coefficient (Wildman–Crippen LogP) is 3.60.